The first-order chi connectivity index (χ1) is 20.7. The molecule has 4 heterocycles. The average molecular weight is 590 g/mol. The van der Waals surface area contributed by atoms with E-state index >= 15 is 0 Å². The Bertz CT molecular complexity index is 1840. The van der Waals surface area contributed by atoms with Gasteiger partial charge in [-0.15, -0.1) is 0 Å². The number of nitrogens with one attached hydrogen (secondary N) is 1. The molecule has 1 amide bonds. The van der Waals surface area contributed by atoms with Gasteiger partial charge >= 0.3 is 0 Å². The van der Waals surface area contributed by atoms with E-state index in [1.54, 1.807) is 14.0 Å². The second-order valence-corrected chi connectivity index (χ2v) is 10.3. The van der Waals surface area contributed by atoms with E-state index in [0.29, 0.717) is 18.6 Å². The van der Waals surface area contributed by atoms with Crippen LogP contribution in [0.5, 0.6) is 5.75 Å². The molecule has 220 valence electrons. The number of pyridine rings is 1. The first-order valence-electron chi connectivity index (χ1n) is 13.3. The van der Waals surface area contributed by atoms with Crippen molar-refractivity contribution in [3.05, 3.63) is 88.9 Å². The van der Waals surface area contributed by atoms with Crippen LogP contribution < -0.4 is 15.8 Å². The summed E-state index contributed by atoms with van der Waals surface area (Å²) in [5.74, 6) is -1.56. The Hall–Kier alpha value is -5.04. The second kappa shape index (κ2) is 11.0. The van der Waals surface area contributed by atoms with Gasteiger partial charge in [-0.1, -0.05) is 18.2 Å². The molecule has 3 N–H and O–H groups in total. The number of carbonyl (C=O) groups excluding carboxylic acids is 1. The topological polar surface area (TPSA) is 130 Å². The van der Waals surface area contributed by atoms with Crippen LogP contribution in [0.25, 0.3) is 22.6 Å². The van der Waals surface area contributed by atoms with Crippen LogP contribution in [0.3, 0.4) is 0 Å². The van der Waals surface area contributed by atoms with Gasteiger partial charge in [0, 0.05) is 12.2 Å². The van der Waals surface area contributed by atoms with Crippen LogP contribution in [0, 0.1) is 17.5 Å². The number of fused-ring (bicyclic) bond motifs is 2. The number of amides is 1. The van der Waals surface area contributed by atoms with Crippen molar-refractivity contribution in [2.24, 2.45) is 0 Å². The lowest BCUT2D eigenvalue weighted by molar-refractivity contribution is -0.121. The highest BCUT2D eigenvalue weighted by atomic mass is 19.1. The van der Waals surface area contributed by atoms with Crippen LogP contribution in [-0.2, 0) is 28.1 Å². The minimum atomic E-state index is -1.07. The number of benzene rings is 2. The molecule has 1 aliphatic heterocycles. The van der Waals surface area contributed by atoms with Crippen LogP contribution in [0.15, 0.2) is 54.7 Å². The van der Waals surface area contributed by atoms with Crippen LogP contribution in [0.4, 0.5) is 24.8 Å². The van der Waals surface area contributed by atoms with Crippen molar-refractivity contribution in [2.75, 3.05) is 24.8 Å². The van der Waals surface area contributed by atoms with Crippen LogP contribution >= 0.6 is 0 Å². The summed E-state index contributed by atoms with van der Waals surface area (Å²) in [7, 11) is 1.59. The van der Waals surface area contributed by atoms with Gasteiger partial charge in [-0.05, 0) is 49.2 Å². The first-order valence-corrected chi connectivity index (χ1v) is 13.3. The fourth-order valence-corrected chi connectivity index (χ4v) is 5.15. The van der Waals surface area contributed by atoms with E-state index in [-0.39, 0.29) is 58.8 Å². The third kappa shape index (κ3) is 5.12. The molecule has 0 spiro atoms. The highest BCUT2D eigenvalue weighted by molar-refractivity contribution is 6.06. The summed E-state index contributed by atoms with van der Waals surface area (Å²) in [6.45, 7) is 2.01. The summed E-state index contributed by atoms with van der Waals surface area (Å²) in [6.07, 6.45) is 1.28. The molecule has 43 heavy (non-hydrogen) atoms. The smallest absolute Gasteiger partial charge is 0.236 e. The molecule has 13 heteroatoms. The molecular weight excluding hydrogens is 563 g/mol. The summed E-state index contributed by atoms with van der Waals surface area (Å²) < 4.78 is 55.3. The Morgan fingerprint density at radius 1 is 1.07 bits per heavy atom. The number of anilines is 2. The number of hydrogen-bond donors (Lipinski definition) is 2. The Morgan fingerprint density at radius 2 is 1.81 bits per heavy atom. The van der Waals surface area contributed by atoms with Crippen molar-refractivity contribution >= 4 is 28.6 Å². The predicted molar refractivity (Wildman–Crippen MR) is 152 cm³/mol. The lowest BCUT2D eigenvalue weighted by atomic mass is 9.81. The lowest BCUT2D eigenvalue weighted by Gasteiger charge is -2.22. The van der Waals surface area contributed by atoms with Crippen LogP contribution in [-0.4, -0.2) is 44.4 Å². The fraction of sp³-hybridized carbons (Fsp3) is 0.233. The zero-order valence-electron chi connectivity index (χ0n) is 23.2. The Kier molecular flexibility index (Phi) is 7.18. The van der Waals surface area contributed by atoms with Crippen molar-refractivity contribution in [2.45, 2.75) is 31.9 Å². The monoisotopic (exact) mass is 589 g/mol. The van der Waals surface area contributed by atoms with E-state index in [1.807, 2.05) is 24.3 Å². The van der Waals surface area contributed by atoms with Gasteiger partial charge in [-0.2, -0.15) is 5.10 Å². The van der Waals surface area contributed by atoms with Crippen molar-refractivity contribution < 1.29 is 27.4 Å². The van der Waals surface area contributed by atoms with Crippen LogP contribution in [0.1, 0.15) is 30.0 Å². The lowest BCUT2D eigenvalue weighted by Crippen LogP contribution is -2.33. The maximum absolute atomic E-state index is 14.4. The molecule has 0 fully saturated rings. The third-order valence-electron chi connectivity index (χ3n) is 7.53. The van der Waals surface area contributed by atoms with Gasteiger partial charge in [0.1, 0.15) is 40.5 Å². The van der Waals surface area contributed by atoms with Gasteiger partial charge in [-0.3, -0.25) is 4.79 Å². The van der Waals surface area contributed by atoms with E-state index in [0.717, 1.165) is 29.6 Å². The largest absolute Gasteiger partial charge is 0.497 e. The summed E-state index contributed by atoms with van der Waals surface area (Å²) in [6, 6.07) is 12.2. The minimum absolute atomic E-state index is 0.0123. The zero-order valence-corrected chi connectivity index (χ0v) is 23.2. The minimum Gasteiger partial charge on any atom is -0.497 e. The number of halogens is 3. The number of rotatable bonds is 9. The maximum Gasteiger partial charge on any atom is 0.236 e. The molecule has 0 radical (unpaired) electrons. The standard InChI is InChI=1S/C30H26F3N7O3/c1-30(10-11-43-15-16-6-8-18(42-2)9-7-16)23-25(34)36-27(37-26(23)38-29(30)41)24-19-12-17(31)13-35-28(19)40(39-24)14-20-21(32)4-3-5-22(20)33/h3-9,12-13H,10-11,14-15H2,1-2H3,(H3,34,36,37,38,41). The molecule has 6 rings (SSSR count). The summed E-state index contributed by atoms with van der Waals surface area (Å²) >= 11 is 0. The number of nitrogens with zero attached hydrogens (tertiary/aromatic N) is 5. The highest BCUT2D eigenvalue weighted by Gasteiger charge is 2.46. The number of carbonyl (C=O) groups is 1. The molecular formula is C30H26F3N7O3. The number of hydrogen-bond acceptors (Lipinski definition) is 8. The van der Waals surface area contributed by atoms with Crippen molar-refractivity contribution in [3.63, 3.8) is 0 Å². The van der Waals surface area contributed by atoms with Gasteiger partial charge in [0.25, 0.3) is 0 Å². The molecule has 10 nitrogen and oxygen atoms in total. The number of nitrogens with two attached hydrogens (primary N) is 1. The molecule has 1 atom stereocenters. The van der Waals surface area contributed by atoms with E-state index < -0.39 is 22.9 Å². The molecule has 3 aromatic heterocycles. The zero-order chi connectivity index (χ0) is 30.3. The van der Waals surface area contributed by atoms with Crippen LogP contribution in [0.2, 0.25) is 0 Å². The van der Waals surface area contributed by atoms with E-state index in [4.69, 9.17) is 15.2 Å². The molecule has 0 aliphatic carbocycles. The molecule has 0 saturated carbocycles. The third-order valence-corrected chi connectivity index (χ3v) is 7.53. The van der Waals surface area contributed by atoms with Gasteiger partial charge in [-0.25, -0.2) is 32.8 Å². The molecule has 2 aromatic carbocycles. The Labute approximate surface area is 243 Å². The normalized spacial score (nSPS) is 16.0. The van der Waals surface area contributed by atoms with E-state index in [9.17, 15) is 18.0 Å². The predicted octanol–water partition coefficient (Wildman–Crippen LogP) is 4.76. The molecule has 0 bridgehead atoms. The maximum atomic E-state index is 14.4. The van der Waals surface area contributed by atoms with Crippen molar-refractivity contribution in [3.8, 4) is 17.3 Å². The highest BCUT2D eigenvalue weighted by Crippen LogP contribution is 2.43. The number of aromatic nitrogens is 5. The quantitative estimate of drug-likeness (QED) is 0.236. The first kappa shape index (κ1) is 28.1. The van der Waals surface area contributed by atoms with Gasteiger partial charge < -0.3 is 20.5 Å². The molecule has 1 unspecified atom stereocenters. The summed E-state index contributed by atoms with van der Waals surface area (Å²) in [5, 5.41) is 7.41. The van der Waals surface area contributed by atoms with Gasteiger partial charge in [0.15, 0.2) is 11.5 Å². The van der Waals surface area contributed by atoms with Gasteiger partial charge in [0.2, 0.25) is 5.91 Å². The molecule has 0 saturated heterocycles. The summed E-state index contributed by atoms with van der Waals surface area (Å²) in [5.41, 5.74) is 6.68. The van der Waals surface area contributed by atoms with Gasteiger partial charge in [0.05, 0.1) is 42.8 Å². The van der Waals surface area contributed by atoms with Crippen molar-refractivity contribution in [1.29, 1.82) is 0 Å². The summed E-state index contributed by atoms with van der Waals surface area (Å²) in [4.78, 5) is 26.2. The SMILES string of the molecule is COc1ccc(COCCC2(C)C(=O)Nc3nc(-c4nn(Cc5c(F)cccc5F)c5ncc(F)cc45)nc(N)c32)cc1. The number of methoxy groups -OCH3 is 1. The average Bonchev–Trinajstić information content (AvgIpc) is 3.47. The molecule has 5 aromatic rings. The Morgan fingerprint density at radius 3 is 2.53 bits per heavy atom. The number of ether oxygens (including phenoxy) is 2. The Balaban J connectivity index is 1.29. The van der Waals surface area contributed by atoms with Crippen molar-refractivity contribution in [1.82, 2.24) is 24.7 Å². The molecule has 1 aliphatic rings. The van der Waals surface area contributed by atoms with E-state index in [1.165, 1.54) is 16.8 Å². The number of nitrogen functional groups attached to an aromatic ring is 1. The second-order valence-electron chi connectivity index (χ2n) is 10.3. The van der Waals surface area contributed by atoms with E-state index in [2.05, 4.69) is 25.4 Å². The fourth-order valence-electron chi connectivity index (χ4n) is 5.15.